The van der Waals surface area contributed by atoms with E-state index >= 15 is 0 Å². The average molecular weight is 217 g/mol. The highest BCUT2D eigenvalue weighted by Crippen LogP contribution is 2.21. The molecule has 0 N–H and O–H groups in total. The summed E-state index contributed by atoms with van der Waals surface area (Å²) in [5, 5.41) is 10.8. The van der Waals surface area contributed by atoms with E-state index in [0.717, 1.165) is 21.9 Å². The van der Waals surface area contributed by atoms with E-state index in [2.05, 4.69) is 11.1 Å². The average Bonchev–Trinajstić information content (AvgIpc) is 2.28. The maximum absolute atomic E-state index is 8.66. The monoisotopic (exact) mass is 216 g/mol. The summed E-state index contributed by atoms with van der Waals surface area (Å²) in [6.07, 6.45) is 3.97. The summed E-state index contributed by atoms with van der Waals surface area (Å²) >= 11 is 5.87. The van der Waals surface area contributed by atoms with Gasteiger partial charge in [0, 0.05) is 23.7 Å². The summed E-state index contributed by atoms with van der Waals surface area (Å²) in [5.74, 6) is 0.446. The van der Waals surface area contributed by atoms with Crippen molar-refractivity contribution in [1.29, 1.82) is 5.26 Å². The highest BCUT2D eigenvalue weighted by molar-refractivity contribution is 6.18. The summed E-state index contributed by atoms with van der Waals surface area (Å²) in [5.41, 5.74) is 2.04. The molecule has 0 amide bonds. The van der Waals surface area contributed by atoms with E-state index in [1.165, 1.54) is 0 Å². The summed E-state index contributed by atoms with van der Waals surface area (Å²) in [6, 6.07) is 8.06. The number of hydrogen-bond donors (Lipinski definition) is 0. The first kappa shape index (κ1) is 9.95. The highest BCUT2D eigenvalue weighted by Gasteiger charge is 2.03. The number of hydrogen-bond acceptors (Lipinski definition) is 2. The number of halogens is 1. The molecule has 2 aromatic rings. The topological polar surface area (TPSA) is 36.7 Å². The van der Waals surface area contributed by atoms with E-state index in [1.807, 2.05) is 24.4 Å². The van der Waals surface area contributed by atoms with E-state index in [-0.39, 0.29) is 0 Å². The van der Waals surface area contributed by atoms with Gasteiger partial charge >= 0.3 is 0 Å². The second-order valence-electron chi connectivity index (χ2n) is 3.32. The van der Waals surface area contributed by atoms with E-state index in [1.54, 1.807) is 6.20 Å². The maximum atomic E-state index is 8.66. The van der Waals surface area contributed by atoms with Gasteiger partial charge in [0.25, 0.3) is 0 Å². The first-order chi connectivity index (χ1) is 7.35. The van der Waals surface area contributed by atoms with Crippen LogP contribution in [0.4, 0.5) is 0 Å². The normalized spacial score (nSPS) is 10.1. The van der Waals surface area contributed by atoms with Crippen molar-refractivity contribution >= 4 is 22.4 Å². The molecule has 0 bridgehead atoms. The number of aromatic nitrogens is 1. The molecule has 0 aliphatic rings. The summed E-state index contributed by atoms with van der Waals surface area (Å²) in [4.78, 5) is 4.07. The van der Waals surface area contributed by atoms with Gasteiger partial charge in [-0.05, 0) is 28.6 Å². The largest absolute Gasteiger partial charge is 0.264 e. The molecular formula is C12H9ClN2. The van der Waals surface area contributed by atoms with E-state index in [0.29, 0.717) is 12.3 Å². The number of alkyl halides is 1. The molecule has 0 aliphatic heterocycles. The third kappa shape index (κ3) is 1.93. The third-order valence-corrected chi connectivity index (χ3v) is 2.62. The quantitative estimate of drug-likeness (QED) is 0.724. The van der Waals surface area contributed by atoms with Crippen molar-refractivity contribution in [2.45, 2.75) is 12.3 Å². The molecule has 0 unspecified atom stereocenters. The van der Waals surface area contributed by atoms with Crippen molar-refractivity contribution in [2.24, 2.45) is 0 Å². The van der Waals surface area contributed by atoms with Gasteiger partial charge in [0.15, 0.2) is 0 Å². The zero-order valence-electron chi connectivity index (χ0n) is 8.07. The van der Waals surface area contributed by atoms with Crippen LogP contribution >= 0.6 is 11.6 Å². The number of fused-ring (bicyclic) bond motifs is 1. The zero-order chi connectivity index (χ0) is 10.7. The summed E-state index contributed by atoms with van der Waals surface area (Å²) < 4.78 is 0. The van der Waals surface area contributed by atoms with Crippen molar-refractivity contribution in [3.63, 3.8) is 0 Å². The van der Waals surface area contributed by atoms with Crippen LogP contribution in [-0.4, -0.2) is 4.98 Å². The van der Waals surface area contributed by atoms with Crippen molar-refractivity contribution in [2.75, 3.05) is 0 Å². The molecule has 0 spiro atoms. The number of nitriles is 1. The molecule has 15 heavy (non-hydrogen) atoms. The molecule has 1 aromatic carbocycles. The Labute approximate surface area is 93.1 Å². The minimum absolute atomic E-state index is 0.419. The number of nitrogens with zero attached hydrogens (tertiary/aromatic N) is 2. The lowest BCUT2D eigenvalue weighted by atomic mass is 10.0. The van der Waals surface area contributed by atoms with Gasteiger partial charge in [0.05, 0.1) is 12.5 Å². The fourth-order valence-corrected chi connectivity index (χ4v) is 1.87. The molecule has 2 nitrogen and oxygen atoms in total. The minimum Gasteiger partial charge on any atom is -0.264 e. The number of rotatable bonds is 2. The van der Waals surface area contributed by atoms with Crippen LogP contribution in [0, 0.1) is 11.3 Å². The van der Waals surface area contributed by atoms with Crippen LogP contribution < -0.4 is 0 Å². The number of pyridine rings is 1. The molecule has 0 fully saturated rings. The maximum Gasteiger partial charge on any atom is 0.0669 e. The molecule has 0 aliphatic carbocycles. The van der Waals surface area contributed by atoms with Crippen LogP contribution in [0.5, 0.6) is 0 Å². The smallest absolute Gasteiger partial charge is 0.0669 e. The Kier molecular flexibility index (Phi) is 2.84. The Hall–Kier alpha value is -1.59. The van der Waals surface area contributed by atoms with Crippen LogP contribution in [0.25, 0.3) is 10.8 Å². The van der Waals surface area contributed by atoms with Crippen molar-refractivity contribution < 1.29 is 0 Å². The molecule has 3 heteroatoms. The molecule has 0 saturated heterocycles. The van der Waals surface area contributed by atoms with Gasteiger partial charge in [-0.3, -0.25) is 4.98 Å². The molecule has 0 atom stereocenters. The second-order valence-corrected chi connectivity index (χ2v) is 3.59. The lowest BCUT2D eigenvalue weighted by Crippen LogP contribution is -1.89. The molecule has 1 heterocycles. The number of benzene rings is 1. The van der Waals surface area contributed by atoms with Gasteiger partial charge in [0.1, 0.15) is 0 Å². The first-order valence-electron chi connectivity index (χ1n) is 4.63. The van der Waals surface area contributed by atoms with E-state index in [4.69, 9.17) is 16.9 Å². The fraction of sp³-hybridized carbons (Fsp3) is 0.167. The SMILES string of the molecule is N#CCc1cc(CCl)c2cnccc2c1. The summed E-state index contributed by atoms with van der Waals surface area (Å²) in [6.45, 7) is 0. The van der Waals surface area contributed by atoms with Crippen LogP contribution in [0.3, 0.4) is 0 Å². The molecule has 0 radical (unpaired) electrons. The Morgan fingerprint density at radius 3 is 3.00 bits per heavy atom. The molecular weight excluding hydrogens is 208 g/mol. The molecule has 0 saturated carbocycles. The standard InChI is InChI=1S/C12H9ClN2/c13-7-11-6-9(1-3-14)5-10-2-4-15-8-12(10)11/h2,4-6,8H,1,7H2. The van der Waals surface area contributed by atoms with Gasteiger partial charge in [-0.25, -0.2) is 0 Å². The van der Waals surface area contributed by atoms with Gasteiger partial charge in [0.2, 0.25) is 0 Å². The van der Waals surface area contributed by atoms with Crippen LogP contribution in [0.2, 0.25) is 0 Å². The van der Waals surface area contributed by atoms with Gasteiger partial charge in [-0.2, -0.15) is 5.26 Å². The first-order valence-corrected chi connectivity index (χ1v) is 5.17. The lowest BCUT2D eigenvalue weighted by molar-refractivity contribution is 1.24. The van der Waals surface area contributed by atoms with Crippen molar-refractivity contribution in [3.8, 4) is 6.07 Å². The highest BCUT2D eigenvalue weighted by atomic mass is 35.5. The van der Waals surface area contributed by atoms with Crippen LogP contribution in [0.1, 0.15) is 11.1 Å². The molecule has 74 valence electrons. The minimum atomic E-state index is 0.419. The van der Waals surface area contributed by atoms with Gasteiger partial charge < -0.3 is 0 Å². The van der Waals surface area contributed by atoms with Crippen molar-refractivity contribution in [3.05, 3.63) is 41.7 Å². The Bertz CT molecular complexity index is 529. The zero-order valence-corrected chi connectivity index (χ0v) is 8.83. The van der Waals surface area contributed by atoms with Crippen molar-refractivity contribution in [1.82, 2.24) is 4.98 Å². The fourth-order valence-electron chi connectivity index (χ4n) is 1.65. The van der Waals surface area contributed by atoms with E-state index < -0.39 is 0 Å². The summed E-state index contributed by atoms with van der Waals surface area (Å²) in [7, 11) is 0. The Balaban J connectivity index is 2.67. The Morgan fingerprint density at radius 1 is 1.40 bits per heavy atom. The third-order valence-electron chi connectivity index (χ3n) is 2.33. The predicted octanol–water partition coefficient (Wildman–Crippen LogP) is 3.04. The van der Waals surface area contributed by atoms with Crippen LogP contribution in [0.15, 0.2) is 30.6 Å². The lowest BCUT2D eigenvalue weighted by Gasteiger charge is -2.05. The van der Waals surface area contributed by atoms with Crippen LogP contribution in [-0.2, 0) is 12.3 Å². The van der Waals surface area contributed by atoms with Gasteiger partial charge in [-0.15, -0.1) is 11.6 Å². The molecule has 2 rings (SSSR count). The predicted molar refractivity (Wildman–Crippen MR) is 60.6 cm³/mol. The van der Waals surface area contributed by atoms with E-state index in [9.17, 15) is 0 Å². The molecule has 1 aromatic heterocycles. The van der Waals surface area contributed by atoms with Gasteiger partial charge in [-0.1, -0.05) is 6.07 Å². The Morgan fingerprint density at radius 2 is 2.27 bits per heavy atom. The second kappa shape index (κ2) is 4.29.